The van der Waals surface area contributed by atoms with Crippen LogP contribution in [0.4, 0.5) is 4.39 Å². The number of benzene rings is 2. The van der Waals surface area contributed by atoms with Crippen molar-refractivity contribution in [3.05, 3.63) is 94.1 Å². The molecule has 0 radical (unpaired) electrons. The highest BCUT2D eigenvalue weighted by atomic mass is 35.5. The van der Waals surface area contributed by atoms with Crippen LogP contribution in [0.5, 0.6) is 0 Å². The molecule has 6 heteroatoms. The number of carbonyl (C=O) groups is 1. The third-order valence-corrected chi connectivity index (χ3v) is 4.82. The predicted octanol–water partition coefficient (Wildman–Crippen LogP) is 5.59. The Kier molecular flexibility index (Phi) is 6.83. The number of carbonyl (C=O) groups excluding carboxylic acids is 1. The minimum atomic E-state index is -0.311. The summed E-state index contributed by atoms with van der Waals surface area (Å²) < 4.78 is 18.5. The van der Waals surface area contributed by atoms with Gasteiger partial charge in [0.15, 0.2) is 5.69 Å². The van der Waals surface area contributed by atoms with Gasteiger partial charge in [0.25, 0.3) is 5.91 Å². The second-order valence-corrected chi connectivity index (χ2v) is 7.34. The predicted molar refractivity (Wildman–Crippen MR) is 112 cm³/mol. The van der Waals surface area contributed by atoms with Crippen LogP contribution in [0.25, 0.3) is 5.57 Å². The van der Waals surface area contributed by atoms with Gasteiger partial charge >= 0.3 is 0 Å². The van der Waals surface area contributed by atoms with Crippen molar-refractivity contribution in [1.29, 1.82) is 0 Å². The van der Waals surface area contributed by atoms with E-state index in [1.165, 1.54) is 12.1 Å². The molecule has 1 aromatic heterocycles. The van der Waals surface area contributed by atoms with E-state index >= 15 is 0 Å². The minimum absolute atomic E-state index is 0.209. The number of aryl methyl sites for hydroxylation is 1. The lowest BCUT2D eigenvalue weighted by Crippen LogP contribution is -2.24. The third kappa shape index (κ3) is 5.78. The number of aromatic nitrogens is 1. The first-order valence-corrected chi connectivity index (χ1v) is 9.72. The van der Waals surface area contributed by atoms with Crippen molar-refractivity contribution < 1.29 is 13.7 Å². The average molecular weight is 413 g/mol. The Morgan fingerprint density at radius 1 is 1.24 bits per heavy atom. The zero-order valence-corrected chi connectivity index (χ0v) is 16.9. The van der Waals surface area contributed by atoms with E-state index in [9.17, 15) is 9.18 Å². The first-order chi connectivity index (χ1) is 13.9. The number of rotatable bonds is 8. The summed E-state index contributed by atoms with van der Waals surface area (Å²) in [4.78, 5) is 12.2. The third-order valence-electron chi connectivity index (χ3n) is 4.58. The molecular formula is C23H22ClFN2O2. The molecule has 1 amide bonds. The van der Waals surface area contributed by atoms with Gasteiger partial charge in [-0.25, -0.2) is 4.39 Å². The van der Waals surface area contributed by atoms with Crippen molar-refractivity contribution in [2.45, 2.75) is 26.2 Å². The standard InChI is InChI=1S/C23H22ClFN2O2/c1-15(21-13-18(24)9-8-16(21)2)5-4-10-26-23(28)22-14-20(29-27-22)12-17-6-3-7-19(25)11-17/h3,6-9,11,13-14H,1,4-5,10,12H2,2H3,(H,26,28). The van der Waals surface area contributed by atoms with Crippen LogP contribution in [0.2, 0.25) is 5.02 Å². The van der Waals surface area contributed by atoms with Crippen LogP contribution in [0, 0.1) is 12.7 Å². The number of allylic oxidation sites excluding steroid dienone is 1. The molecule has 0 spiro atoms. The molecule has 2 aromatic carbocycles. The van der Waals surface area contributed by atoms with Crippen molar-refractivity contribution in [1.82, 2.24) is 10.5 Å². The van der Waals surface area contributed by atoms with Gasteiger partial charge in [-0.1, -0.05) is 41.5 Å². The summed E-state index contributed by atoms with van der Waals surface area (Å²) in [6, 6.07) is 13.5. The molecule has 0 aliphatic rings. The molecule has 0 unspecified atom stereocenters. The fourth-order valence-corrected chi connectivity index (χ4v) is 3.23. The van der Waals surface area contributed by atoms with Crippen LogP contribution < -0.4 is 5.32 Å². The summed E-state index contributed by atoms with van der Waals surface area (Å²) in [6.45, 7) is 6.63. The minimum Gasteiger partial charge on any atom is -0.360 e. The molecule has 0 saturated carbocycles. The number of nitrogens with zero attached hydrogens (tertiary/aromatic N) is 1. The molecule has 0 atom stereocenters. The second kappa shape index (κ2) is 9.52. The molecule has 1 N–H and O–H groups in total. The normalized spacial score (nSPS) is 10.7. The Hall–Kier alpha value is -2.92. The van der Waals surface area contributed by atoms with Gasteiger partial charge in [0.2, 0.25) is 0 Å². The second-order valence-electron chi connectivity index (χ2n) is 6.91. The number of amides is 1. The Morgan fingerprint density at radius 3 is 2.86 bits per heavy atom. The van der Waals surface area contributed by atoms with Gasteiger partial charge in [0.1, 0.15) is 11.6 Å². The SMILES string of the molecule is C=C(CCCNC(=O)c1cc(Cc2cccc(F)c2)on1)c1cc(Cl)ccc1C. The molecule has 0 aliphatic heterocycles. The molecule has 4 nitrogen and oxygen atoms in total. The van der Waals surface area contributed by atoms with Crippen LogP contribution in [-0.4, -0.2) is 17.6 Å². The molecule has 150 valence electrons. The smallest absolute Gasteiger partial charge is 0.273 e. The van der Waals surface area contributed by atoms with Gasteiger partial charge < -0.3 is 9.84 Å². The fraction of sp³-hybridized carbons (Fsp3) is 0.217. The van der Waals surface area contributed by atoms with Crippen molar-refractivity contribution in [2.24, 2.45) is 0 Å². The lowest BCUT2D eigenvalue weighted by atomic mass is 9.98. The van der Waals surface area contributed by atoms with E-state index in [4.69, 9.17) is 16.1 Å². The van der Waals surface area contributed by atoms with E-state index < -0.39 is 0 Å². The van der Waals surface area contributed by atoms with Crippen LogP contribution in [0.15, 0.2) is 59.6 Å². The van der Waals surface area contributed by atoms with Crippen molar-refractivity contribution >= 4 is 23.1 Å². The Labute approximate surface area is 174 Å². The van der Waals surface area contributed by atoms with Gasteiger partial charge in [0, 0.05) is 24.1 Å². The van der Waals surface area contributed by atoms with Gasteiger partial charge in [-0.15, -0.1) is 0 Å². The highest BCUT2D eigenvalue weighted by Crippen LogP contribution is 2.24. The average Bonchev–Trinajstić information content (AvgIpc) is 3.15. The van der Waals surface area contributed by atoms with E-state index in [-0.39, 0.29) is 17.4 Å². The lowest BCUT2D eigenvalue weighted by Gasteiger charge is -2.10. The molecule has 3 aromatic rings. The van der Waals surface area contributed by atoms with E-state index in [2.05, 4.69) is 17.1 Å². The van der Waals surface area contributed by atoms with Crippen LogP contribution in [-0.2, 0) is 6.42 Å². The fourth-order valence-electron chi connectivity index (χ4n) is 3.06. The summed E-state index contributed by atoms with van der Waals surface area (Å²) in [6.07, 6.45) is 1.85. The largest absolute Gasteiger partial charge is 0.360 e. The van der Waals surface area contributed by atoms with Crippen LogP contribution in [0.1, 0.15) is 45.8 Å². The molecular weight excluding hydrogens is 391 g/mol. The summed E-state index contributed by atoms with van der Waals surface area (Å²) >= 11 is 6.06. The van der Waals surface area contributed by atoms with E-state index in [0.717, 1.165) is 35.1 Å². The zero-order valence-electron chi connectivity index (χ0n) is 16.2. The molecule has 0 aliphatic carbocycles. The van der Waals surface area contributed by atoms with Crippen molar-refractivity contribution in [3.8, 4) is 0 Å². The van der Waals surface area contributed by atoms with Gasteiger partial charge in [-0.05, 0) is 66.3 Å². The van der Waals surface area contributed by atoms with Crippen LogP contribution in [0.3, 0.4) is 0 Å². The lowest BCUT2D eigenvalue weighted by molar-refractivity contribution is 0.0944. The molecule has 0 saturated heterocycles. The Balaban J connectivity index is 1.47. The first-order valence-electron chi connectivity index (χ1n) is 9.35. The monoisotopic (exact) mass is 412 g/mol. The van der Waals surface area contributed by atoms with Gasteiger partial charge in [0.05, 0.1) is 0 Å². The highest BCUT2D eigenvalue weighted by Gasteiger charge is 2.13. The molecule has 0 fully saturated rings. The number of hydrogen-bond donors (Lipinski definition) is 1. The Bertz CT molecular complexity index is 1030. The topological polar surface area (TPSA) is 55.1 Å². The highest BCUT2D eigenvalue weighted by molar-refractivity contribution is 6.30. The van der Waals surface area contributed by atoms with Crippen molar-refractivity contribution in [3.63, 3.8) is 0 Å². The summed E-state index contributed by atoms with van der Waals surface area (Å²) in [7, 11) is 0. The van der Waals surface area contributed by atoms with E-state index in [1.807, 2.05) is 25.1 Å². The van der Waals surface area contributed by atoms with E-state index in [1.54, 1.807) is 18.2 Å². The number of nitrogens with one attached hydrogen (secondary N) is 1. The summed E-state index contributed by atoms with van der Waals surface area (Å²) in [5, 5.41) is 7.31. The van der Waals surface area contributed by atoms with E-state index in [0.29, 0.717) is 23.7 Å². The van der Waals surface area contributed by atoms with Crippen LogP contribution >= 0.6 is 11.6 Å². The van der Waals surface area contributed by atoms with Crippen molar-refractivity contribution in [2.75, 3.05) is 6.54 Å². The number of halogens is 2. The maximum Gasteiger partial charge on any atom is 0.273 e. The first kappa shape index (κ1) is 20.8. The Morgan fingerprint density at radius 2 is 2.07 bits per heavy atom. The number of hydrogen-bond acceptors (Lipinski definition) is 3. The molecule has 3 rings (SSSR count). The maximum atomic E-state index is 13.3. The maximum absolute atomic E-state index is 13.3. The quantitative estimate of drug-likeness (QED) is 0.490. The zero-order chi connectivity index (χ0) is 20.8. The van der Waals surface area contributed by atoms with Gasteiger partial charge in [-0.2, -0.15) is 0 Å². The molecule has 0 bridgehead atoms. The molecule has 1 heterocycles. The molecule has 29 heavy (non-hydrogen) atoms. The summed E-state index contributed by atoms with van der Waals surface area (Å²) in [5.74, 6) is -0.108. The summed E-state index contributed by atoms with van der Waals surface area (Å²) in [5.41, 5.74) is 4.11. The van der Waals surface area contributed by atoms with Gasteiger partial charge in [-0.3, -0.25) is 4.79 Å².